The SMILES string of the molecule is C=CCN(C)C(=O)[C@H]1[C@@H]2OC3(CC2Br)C(C(=O)N(CC=C)CCCCC)N([C@@H](CO)C(C)C)C(=O)[C@H]13. The van der Waals surface area contributed by atoms with Gasteiger partial charge in [0.05, 0.1) is 30.6 Å². The van der Waals surface area contributed by atoms with E-state index in [4.69, 9.17) is 4.74 Å². The molecule has 3 aliphatic heterocycles. The van der Waals surface area contributed by atoms with Crippen molar-refractivity contribution in [1.82, 2.24) is 14.7 Å². The summed E-state index contributed by atoms with van der Waals surface area (Å²) in [6.45, 7) is 14.5. The summed E-state index contributed by atoms with van der Waals surface area (Å²) in [4.78, 5) is 46.7. The number of likely N-dealkylation sites (N-methyl/N-ethyl adjacent to an activating group) is 1. The number of halogens is 1. The van der Waals surface area contributed by atoms with Crippen LogP contribution in [0.2, 0.25) is 0 Å². The van der Waals surface area contributed by atoms with Crippen LogP contribution in [0.4, 0.5) is 0 Å². The van der Waals surface area contributed by atoms with Crippen LogP contribution in [0.3, 0.4) is 0 Å². The van der Waals surface area contributed by atoms with Crippen LogP contribution >= 0.6 is 15.9 Å². The van der Waals surface area contributed by atoms with Gasteiger partial charge in [-0.05, 0) is 18.8 Å². The Morgan fingerprint density at radius 2 is 1.92 bits per heavy atom. The van der Waals surface area contributed by atoms with Crippen molar-refractivity contribution >= 4 is 33.7 Å². The molecule has 0 aromatic rings. The highest BCUT2D eigenvalue weighted by Crippen LogP contribution is 2.61. The lowest BCUT2D eigenvalue weighted by Gasteiger charge is -2.40. The van der Waals surface area contributed by atoms with E-state index in [0.29, 0.717) is 26.1 Å². The van der Waals surface area contributed by atoms with Crippen molar-refractivity contribution in [2.24, 2.45) is 17.8 Å². The smallest absolute Gasteiger partial charge is 0.248 e. The summed E-state index contributed by atoms with van der Waals surface area (Å²) in [5, 5.41) is 10.3. The van der Waals surface area contributed by atoms with E-state index in [0.717, 1.165) is 19.3 Å². The van der Waals surface area contributed by atoms with Crippen LogP contribution in [0.15, 0.2) is 25.3 Å². The van der Waals surface area contributed by atoms with E-state index < -0.39 is 35.6 Å². The lowest BCUT2D eigenvalue weighted by Crippen LogP contribution is -2.60. The van der Waals surface area contributed by atoms with Crippen molar-refractivity contribution in [3.8, 4) is 0 Å². The van der Waals surface area contributed by atoms with Gasteiger partial charge in [0.1, 0.15) is 11.6 Å². The Kier molecular flexibility index (Phi) is 9.44. The van der Waals surface area contributed by atoms with Gasteiger partial charge in [-0.15, -0.1) is 13.2 Å². The third kappa shape index (κ3) is 4.78. The van der Waals surface area contributed by atoms with Crippen LogP contribution < -0.4 is 0 Å². The van der Waals surface area contributed by atoms with E-state index in [1.165, 1.54) is 0 Å². The van der Waals surface area contributed by atoms with Gasteiger partial charge in [-0.1, -0.05) is 61.7 Å². The monoisotopic (exact) mass is 567 g/mol. The highest BCUT2D eigenvalue weighted by molar-refractivity contribution is 9.09. The Hall–Kier alpha value is -1.71. The number of aliphatic hydroxyl groups excluding tert-OH is 1. The van der Waals surface area contributed by atoms with Crippen LogP contribution in [0.25, 0.3) is 0 Å². The van der Waals surface area contributed by atoms with Gasteiger partial charge >= 0.3 is 0 Å². The first kappa shape index (κ1) is 28.9. The molecule has 3 aliphatic rings. The minimum Gasteiger partial charge on any atom is -0.394 e. The number of carbonyl (C=O) groups is 3. The predicted octanol–water partition coefficient (Wildman–Crippen LogP) is 2.60. The average molecular weight is 569 g/mol. The molecule has 3 rings (SSSR count). The van der Waals surface area contributed by atoms with Gasteiger partial charge in [0.2, 0.25) is 17.7 Å². The zero-order chi connectivity index (χ0) is 26.8. The number of hydrogen-bond acceptors (Lipinski definition) is 5. The van der Waals surface area contributed by atoms with Crippen molar-refractivity contribution in [3.63, 3.8) is 0 Å². The average Bonchev–Trinajstić information content (AvgIpc) is 3.42. The molecule has 0 aliphatic carbocycles. The van der Waals surface area contributed by atoms with Crippen molar-refractivity contribution in [1.29, 1.82) is 0 Å². The van der Waals surface area contributed by atoms with Crippen LogP contribution in [-0.4, -0.2) is 99.4 Å². The molecule has 9 heteroatoms. The number of rotatable bonds is 13. The largest absolute Gasteiger partial charge is 0.394 e. The van der Waals surface area contributed by atoms with E-state index in [-0.39, 0.29) is 35.1 Å². The van der Waals surface area contributed by atoms with Crippen LogP contribution in [0.5, 0.6) is 0 Å². The lowest BCUT2D eigenvalue weighted by atomic mass is 9.70. The Balaban J connectivity index is 2.10. The topological polar surface area (TPSA) is 90.4 Å². The number of nitrogens with zero attached hydrogens (tertiary/aromatic N) is 3. The minimum atomic E-state index is -1.13. The van der Waals surface area contributed by atoms with Crippen molar-refractivity contribution in [3.05, 3.63) is 25.3 Å². The number of aliphatic hydroxyl groups is 1. The number of ether oxygens (including phenoxy) is 1. The van der Waals surface area contributed by atoms with Gasteiger partial charge < -0.3 is 24.5 Å². The van der Waals surface area contributed by atoms with Crippen molar-refractivity contribution < 1.29 is 24.2 Å². The molecule has 1 spiro atoms. The molecule has 1 N–H and O–H groups in total. The fourth-order valence-electron chi connectivity index (χ4n) is 6.32. The molecule has 36 heavy (non-hydrogen) atoms. The molecule has 0 saturated carbocycles. The van der Waals surface area contributed by atoms with Gasteiger partial charge in [0.15, 0.2) is 0 Å². The molecule has 0 aromatic heterocycles. The molecular weight excluding hydrogens is 526 g/mol. The maximum absolute atomic E-state index is 14.3. The fourth-order valence-corrected chi connectivity index (χ4v) is 7.26. The number of likely N-dealkylation sites (tertiary alicyclic amines) is 1. The number of amides is 3. The van der Waals surface area contributed by atoms with E-state index in [9.17, 15) is 19.5 Å². The number of hydrogen-bond donors (Lipinski definition) is 1. The highest BCUT2D eigenvalue weighted by Gasteiger charge is 2.77. The van der Waals surface area contributed by atoms with Crippen LogP contribution in [0.1, 0.15) is 46.5 Å². The Bertz CT molecular complexity index is 866. The third-order valence-electron chi connectivity index (χ3n) is 8.03. The summed E-state index contributed by atoms with van der Waals surface area (Å²) in [5.41, 5.74) is -1.13. The predicted molar refractivity (Wildman–Crippen MR) is 142 cm³/mol. The fraction of sp³-hybridized carbons (Fsp3) is 0.741. The number of carbonyl (C=O) groups excluding carboxylic acids is 3. The first-order valence-corrected chi connectivity index (χ1v) is 14.0. The lowest BCUT2D eigenvalue weighted by molar-refractivity contribution is -0.152. The normalized spacial score (nSPS) is 31.5. The summed E-state index contributed by atoms with van der Waals surface area (Å²) in [6, 6.07) is -1.48. The van der Waals surface area contributed by atoms with Gasteiger partial charge in [0, 0.05) is 31.5 Å². The van der Waals surface area contributed by atoms with Crippen LogP contribution in [-0.2, 0) is 19.1 Å². The molecule has 3 fully saturated rings. The molecular formula is C27H42BrN3O5. The Morgan fingerprint density at radius 1 is 1.25 bits per heavy atom. The van der Waals surface area contributed by atoms with Gasteiger partial charge in [-0.25, -0.2) is 0 Å². The van der Waals surface area contributed by atoms with E-state index in [1.54, 1.807) is 33.9 Å². The van der Waals surface area contributed by atoms with E-state index in [2.05, 4.69) is 36.0 Å². The molecule has 3 amide bonds. The summed E-state index contributed by atoms with van der Waals surface area (Å²) >= 11 is 3.71. The molecule has 3 heterocycles. The maximum Gasteiger partial charge on any atom is 0.248 e. The Labute approximate surface area is 223 Å². The van der Waals surface area contributed by atoms with E-state index >= 15 is 0 Å². The zero-order valence-corrected chi connectivity index (χ0v) is 23.7. The van der Waals surface area contributed by atoms with E-state index in [1.807, 2.05) is 13.8 Å². The van der Waals surface area contributed by atoms with Crippen molar-refractivity contribution in [2.75, 3.05) is 33.3 Å². The Morgan fingerprint density at radius 3 is 2.47 bits per heavy atom. The second-order valence-corrected chi connectivity index (χ2v) is 11.9. The number of alkyl halides is 1. The molecule has 2 bridgehead atoms. The van der Waals surface area contributed by atoms with Gasteiger partial charge in [0.25, 0.3) is 0 Å². The molecule has 8 nitrogen and oxygen atoms in total. The van der Waals surface area contributed by atoms with Crippen molar-refractivity contribution in [2.45, 2.75) is 75.1 Å². The maximum atomic E-state index is 14.3. The van der Waals surface area contributed by atoms with Gasteiger partial charge in [-0.2, -0.15) is 0 Å². The second-order valence-electron chi connectivity index (χ2n) is 10.7. The molecule has 202 valence electrons. The zero-order valence-electron chi connectivity index (χ0n) is 22.1. The number of fused-ring (bicyclic) bond motifs is 1. The summed E-state index contributed by atoms with van der Waals surface area (Å²) in [7, 11) is 1.69. The second kappa shape index (κ2) is 11.8. The summed E-state index contributed by atoms with van der Waals surface area (Å²) in [5.74, 6) is -2.24. The molecule has 0 radical (unpaired) electrons. The minimum absolute atomic E-state index is 0.0908. The molecule has 3 unspecified atom stereocenters. The quantitative estimate of drug-likeness (QED) is 0.210. The summed E-state index contributed by atoms with van der Waals surface area (Å²) < 4.78 is 6.58. The molecule has 0 aromatic carbocycles. The summed E-state index contributed by atoms with van der Waals surface area (Å²) in [6.07, 6.45) is 6.14. The third-order valence-corrected chi connectivity index (χ3v) is 8.88. The van der Waals surface area contributed by atoms with Gasteiger partial charge in [-0.3, -0.25) is 14.4 Å². The first-order valence-electron chi connectivity index (χ1n) is 13.1. The highest BCUT2D eigenvalue weighted by atomic mass is 79.9. The van der Waals surface area contributed by atoms with Crippen LogP contribution in [0, 0.1) is 17.8 Å². The number of unbranched alkanes of at least 4 members (excludes halogenated alkanes) is 2. The molecule has 7 atom stereocenters. The molecule has 3 saturated heterocycles. The standard InChI is InChI=1S/C27H42BrN3O5/c1-7-10-11-14-30(13-9-3)26(35)23-27-15-18(28)22(36-27)20(24(33)29(6)12-8-2)21(27)25(34)31(23)19(16-32)17(4)5/h8-9,17-23,32H,2-3,7,10-16H2,1,4-6H3/t18?,19-,20+,21-,22+,23?,27?/m0/s1. The first-order chi connectivity index (χ1) is 17.1.